The minimum absolute atomic E-state index is 0.115. The van der Waals surface area contributed by atoms with E-state index in [-0.39, 0.29) is 5.71 Å². The largest absolute Gasteiger partial charge is 0.398 e. The summed E-state index contributed by atoms with van der Waals surface area (Å²) in [5, 5.41) is 11.3. The molecule has 0 spiro atoms. The van der Waals surface area contributed by atoms with Crippen LogP contribution in [0.15, 0.2) is 29.5 Å². The van der Waals surface area contributed by atoms with Gasteiger partial charge in [0.1, 0.15) is 5.82 Å². The summed E-state index contributed by atoms with van der Waals surface area (Å²) in [6, 6.07) is 3.99. The third-order valence-electron chi connectivity index (χ3n) is 3.14. The highest BCUT2D eigenvalue weighted by atomic mass is 19.1. The molecular formula is C13H17FN4. The molecular weight excluding hydrogens is 231 g/mol. The monoisotopic (exact) mass is 248 g/mol. The lowest BCUT2D eigenvalue weighted by atomic mass is 9.97. The smallest absolute Gasteiger partial charge is 0.124 e. The summed E-state index contributed by atoms with van der Waals surface area (Å²) < 4.78 is 13.2. The Kier molecular flexibility index (Phi) is 3.62. The molecule has 0 amide bonds. The Labute approximate surface area is 105 Å². The molecule has 5 heteroatoms. The molecule has 0 aromatic heterocycles. The van der Waals surface area contributed by atoms with Crippen LogP contribution in [-0.2, 0) is 0 Å². The number of halogens is 1. The summed E-state index contributed by atoms with van der Waals surface area (Å²) in [6.07, 6.45) is 1.65. The van der Waals surface area contributed by atoms with Gasteiger partial charge in [-0.2, -0.15) is 0 Å². The van der Waals surface area contributed by atoms with E-state index >= 15 is 0 Å². The van der Waals surface area contributed by atoms with Crippen LogP contribution in [0.3, 0.4) is 0 Å². The van der Waals surface area contributed by atoms with Crippen LogP contribution in [0.2, 0.25) is 0 Å². The van der Waals surface area contributed by atoms with Crippen molar-refractivity contribution in [3.8, 4) is 0 Å². The highest BCUT2D eigenvalue weighted by molar-refractivity contribution is 6.13. The average Bonchev–Trinajstić information content (AvgIpc) is 2.41. The molecule has 0 aliphatic carbocycles. The maximum atomic E-state index is 13.2. The number of nitrogens with one attached hydrogen (secondary N) is 2. The van der Waals surface area contributed by atoms with E-state index in [1.54, 1.807) is 0 Å². The van der Waals surface area contributed by atoms with Gasteiger partial charge in [0.2, 0.25) is 0 Å². The second-order valence-corrected chi connectivity index (χ2v) is 4.37. The van der Waals surface area contributed by atoms with Crippen molar-refractivity contribution in [1.29, 1.82) is 5.41 Å². The van der Waals surface area contributed by atoms with Crippen LogP contribution in [0, 0.1) is 11.2 Å². The molecule has 1 heterocycles. The zero-order valence-corrected chi connectivity index (χ0v) is 10.1. The fourth-order valence-electron chi connectivity index (χ4n) is 2.06. The zero-order chi connectivity index (χ0) is 13.1. The maximum absolute atomic E-state index is 13.2. The first-order valence-corrected chi connectivity index (χ1v) is 5.92. The normalized spacial score (nSPS) is 15.5. The molecule has 96 valence electrons. The minimum atomic E-state index is -0.410. The topological polar surface area (TPSA) is 87.9 Å². The van der Waals surface area contributed by atoms with Crippen molar-refractivity contribution in [2.24, 2.45) is 5.73 Å². The lowest BCUT2D eigenvalue weighted by Gasteiger charge is -2.19. The van der Waals surface area contributed by atoms with Gasteiger partial charge in [0.05, 0.1) is 11.4 Å². The molecule has 6 N–H and O–H groups in total. The number of nitrogen functional groups attached to an aromatic ring is 1. The molecule has 1 aliphatic rings. The maximum Gasteiger partial charge on any atom is 0.124 e. The number of hydrogen-bond acceptors (Lipinski definition) is 4. The van der Waals surface area contributed by atoms with Gasteiger partial charge in [-0.15, -0.1) is 0 Å². The summed E-state index contributed by atoms with van der Waals surface area (Å²) in [4.78, 5) is 0. The minimum Gasteiger partial charge on any atom is -0.398 e. The Morgan fingerprint density at radius 2 is 1.94 bits per heavy atom. The summed E-state index contributed by atoms with van der Waals surface area (Å²) in [7, 11) is 0. The zero-order valence-electron chi connectivity index (χ0n) is 10.1. The summed E-state index contributed by atoms with van der Waals surface area (Å²) in [5.74, 6) is -0.410. The average molecular weight is 248 g/mol. The van der Waals surface area contributed by atoms with Gasteiger partial charge in [0.25, 0.3) is 0 Å². The second-order valence-electron chi connectivity index (χ2n) is 4.37. The van der Waals surface area contributed by atoms with Crippen LogP contribution in [-0.4, -0.2) is 18.8 Å². The van der Waals surface area contributed by atoms with E-state index in [4.69, 9.17) is 16.9 Å². The standard InChI is InChI=1S/C13H17FN4/c14-9-1-2-11(15)10(7-9)13(17)12(16)8-3-5-18-6-4-8/h1-2,7,17-18H,3-6,15-16H2. The fourth-order valence-corrected chi connectivity index (χ4v) is 2.06. The van der Waals surface area contributed by atoms with E-state index in [1.807, 2.05) is 0 Å². The first kappa shape index (κ1) is 12.6. The molecule has 0 saturated carbocycles. The fraction of sp³-hybridized carbons (Fsp3) is 0.308. The Morgan fingerprint density at radius 3 is 2.61 bits per heavy atom. The van der Waals surface area contributed by atoms with Crippen molar-refractivity contribution in [3.63, 3.8) is 0 Å². The van der Waals surface area contributed by atoms with Gasteiger partial charge in [-0.1, -0.05) is 0 Å². The molecule has 18 heavy (non-hydrogen) atoms. The van der Waals surface area contributed by atoms with E-state index in [0.29, 0.717) is 16.9 Å². The molecule has 0 unspecified atom stereocenters. The number of piperidine rings is 1. The molecule has 1 aliphatic heterocycles. The van der Waals surface area contributed by atoms with Crippen LogP contribution in [0.25, 0.3) is 0 Å². The van der Waals surface area contributed by atoms with Crippen LogP contribution in [0.4, 0.5) is 10.1 Å². The molecule has 0 bridgehead atoms. The number of anilines is 1. The van der Waals surface area contributed by atoms with E-state index in [0.717, 1.165) is 31.5 Å². The van der Waals surface area contributed by atoms with Crippen molar-refractivity contribution < 1.29 is 4.39 Å². The van der Waals surface area contributed by atoms with Crippen molar-refractivity contribution >= 4 is 11.4 Å². The van der Waals surface area contributed by atoms with Crippen molar-refractivity contribution in [2.45, 2.75) is 12.8 Å². The van der Waals surface area contributed by atoms with Crippen LogP contribution in [0.1, 0.15) is 18.4 Å². The second kappa shape index (κ2) is 5.18. The predicted molar refractivity (Wildman–Crippen MR) is 71.0 cm³/mol. The Bertz CT molecular complexity index is 500. The van der Waals surface area contributed by atoms with E-state index in [9.17, 15) is 4.39 Å². The van der Waals surface area contributed by atoms with Gasteiger partial charge in [-0.05, 0) is 49.7 Å². The van der Waals surface area contributed by atoms with E-state index < -0.39 is 5.82 Å². The van der Waals surface area contributed by atoms with Gasteiger partial charge < -0.3 is 16.8 Å². The first-order valence-electron chi connectivity index (χ1n) is 5.92. The highest BCUT2D eigenvalue weighted by Crippen LogP contribution is 2.20. The number of allylic oxidation sites excluding steroid dienone is 1. The lowest BCUT2D eigenvalue weighted by molar-refractivity contribution is 0.606. The third kappa shape index (κ3) is 2.51. The lowest BCUT2D eigenvalue weighted by Crippen LogP contribution is -2.27. The molecule has 1 fully saturated rings. The summed E-state index contributed by atoms with van der Waals surface area (Å²) in [6.45, 7) is 1.73. The van der Waals surface area contributed by atoms with Crippen molar-refractivity contribution in [2.75, 3.05) is 18.8 Å². The first-order chi connectivity index (χ1) is 8.59. The summed E-state index contributed by atoms with van der Waals surface area (Å²) >= 11 is 0. The molecule has 4 nitrogen and oxygen atoms in total. The molecule has 1 aromatic carbocycles. The molecule has 0 atom stereocenters. The Morgan fingerprint density at radius 1 is 1.28 bits per heavy atom. The van der Waals surface area contributed by atoms with E-state index in [1.165, 1.54) is 18.2 Å². The summed E-state index contributed by atoms with van der Waals surface area (Å²) in [5.41, 5.74) is 14.1. The van der Waals surface area contributed by atoms with Crippen molar-refractivity contribution in [1.82, 2.24) is 5.32 Å². The van der Waals surface area contributed by atoms with Crippen LogP contribution < -0.4 is 16.8 Å². The van der Waals surface area contributed by atoms with Gasteiger partial charge >= 0.3 is 0 Å². The van der Waals surface area contributed by atoms with Crippen LogP contribution in [0.5, 0.6) is 0 Å². The van der Waals surface area contributed by atoms with Gasteiger partial charge in [0, 0.05) is 11.3 Å². The number of nitrogens with two attached hydrogens (primary N) is 2. The molecule has 2 rings (SSSR count). The highest BCUT2D eigenvalue weighted by Gasteiger charge is 2.15. The number of benzene rings is 1. The van der Waals surface area contributed by atoms with Gasteiger partial charge in [0.15, 0.2) is 0 Å². The SMILES string of the molecule is N=C(C(N)=C1CCNCC1)c1cc(F)ccc1N. The number of rotatable bonds is 2. The molecule has 1 saturated heterocycles. The third-order valence-corrected chi connectivity index (χ3v) is 3.14. The Hall–Kier alpha value is -1.88. The molecule has 1 aromatic rings. The van der Waals surface area contributed by atoms with Crippen molar-refractivity contribution in [3.05, 3.63) is 40.8 Å². The van der Waals surface area contributed by atoms with Gasteiger partial charge in [-0.25, -0.2) is 4.39 Å². The predicted octanol–water partition coefficient (Wildman–Crippen LogP) is 1.37. The van der Waals surface area contributed by atoms with Crippen LogP contribution >= 0.6 is 0 Å². The van der Waals surface area contributed by atoms with E-state index in [2.05, 4.69) is 5.32 Å². The number of hydrogen-bond donors (Lipinski definition) is 4. The molecule has 0 radical (unpaired) electrons. The quantitative estimate of drug-likeness (QED) is 0.471. The van der Waals surface area contributed by atoms with Gasteiger partial charge in [-0.3, -0.25) is 5.41 Å². The Balaban J connectivity index is 2.33.